The maximum absolute atomic E-state index is 11.3. The zero-order chi connectivity index (χ0) is 23.3. The fourth-order valence-corrected chi connectivity index (χ4v) is 4.59. The molecule has 1 aromatic heterocycles. The van der Waals surface area contributed by atoms with E-state index in [9.17, 15) is 5.11 Å². The van der Waals surface area contributed by atoms with Gasteiger partial charge >= 0.3 is 0 Å². The molecule has 0 amide bonds. The molecular formula is C25H29Cl5N2O. The molecule has 1 atom stereocenters. The van der Waals surface area contributed by atoms with E-state index >= 15 is 0 Å². The summed E-state index contributed by atoms with van der Waals surface area (Å²) in [7, 11) is 0. The van der Waals surface area contributed by atoms with Crippen molar-refractivity contribution in [3.63, 3.8) is 0 Å². The van der Waals surface area contributed by atoms with Crippen LogP contribution in [0, 0.1) is 0 Å². The van der Waals surface area contributed by atoms with E-state index in [0.29, 0.717) is 37.8 Å². The highest BCUT2D eigenvalue weighted by Crippen LogP contribution is 2.36. The van der Waals surface area contributed by atoms with Gasteiger partial charge in [0, 0.05) is 22.5 Å². The van der Waals surface area contributed by atoms with Gasteiger partial charge in [-0.25, -0.2) is 4.98 Å². The summed E-state index contributed by atoms with van der Waals surface area (Å²) < 4.78 is 0. The molecule has 3 aromatic rings. The fourth-order valence-electron chi connectivity index (χ4n) is 3.76. The quantitative estimate of drug-likeness (QED) is 0.274. The highest BCUT2D eigenvalue weighted by molar-refractivity contribution is 6.42. The SMILES string of the molecule is CCCCN(CCCC)CC(O)c1cc(-c2ccc(Cl)c(Cl)c2)nc2c(Cl)cc(Cl)cc12.Cl. The summed E-state index contributed by atoms with van der Waals surface area (Å²) in [5.41, 5.74) is 2.82. The summed E-state index contributed by atoms with van der Waals surface area (Å²) in [4.78, 5) is 7.09. The van der Waals surface area contributed by atoms with Crippen LogP contribution in [0.15, 0.2) is 36.4 Å². The van der Waals surface area contributed by atoms with Crippen molar-refractivity contribution in [3.05, 3.63) is 62.1 Å². The van der Waals surface area contributed by atoms with Crippen molar-refractivity contribution in [1.82, 2.24) is 9.88 Å². The smallest absolute Gasteiger partial charge is 0.0924 e. The Kier molecular flexibility index (Phi) is 11.5. The standard InChI is InChI=1S/C25H28Cl4N2O.ClH/c1-3-5-9-31(10-6-4-2)15-24(32)18-14-23(16-7-8-20(27)21(28)11-16)30-25-19(18)12-17(26)13-22(25)29;/h7-8,11-14,24,32H,3-6,9-10,15H2,1-2H3;1H. The van der Waals surface area contributed by atoms with E-state index in [1.54, 1.807) is 18.2 Å². The summed E-state index contributed by atoms with van der Waals surface area (Å²) in [6, 6.07) is 10.8. The lowest BCUT2D eigenvalue weighted by molar-refractivity contribution is 0.112. The van der Waals surface area contributed by atoms with Crippen molar-refractivity contribution in [1.29, 1.82) is 0 Å². The number of pyridine rings is 1. The van der Waals surface area contributed by atoms with Crippen molar-refractivity contribution < 1.29 is 5.11 Å². The predicted octanol–water partition coefficient (Wildman–Crippen LogP) is 8.87. The molecular weight excluding hydrogens is 522 g/mol. The molecule has 1 unspecified atom stereocenters. The van der Waals surface area contributed by atoms with Crippen LogP contribution in [0.2, 0.25) is 20.1 Å². The van der Waals surface area contributed by atoms with Gasteiger partial charge in [-0.1, -0.05) is 79.2 Å². The molecule has 0 saturated heterocycles. The van der Waals surface area contributed by atoms with E-state index in [1.807, 2.05) is 18.2 Å². The van der Waals surface area contributed by atoms with Crippen molar-refractivity contribution in [3.8, 4) is 11.3 Å². The van der Waals surface area contributed by atoms with Crippen LogP contribution in [-0.2, 0) is 0 Å². The van der Waals surface area contributed by atoms with Crippen LogP contribution in [0.1, 0.15) is 51.2 Å². The summed E-state index contributed by atoms with van der Waals surface area (Å²) in [6.45, 7) is 6.80. The van der Waals surface area contributed by atoms with Gasteiger partial charge in [-0.15, -0.1) is 12.4 Å². The molecule has 3 rings (SSSR count). The summed E-state index contributed by atoms with van der Waals surface area (Å²) in [5.74, 6) is 0. The predicted molar refractivity (Wildman–Crippen MR) is 146 cm³/mol. The summed E-state index contributed by atoms with van der Waals surface area (Å²) >= 11 is 25.2. The molecule has 3 nitrogen and oxygen atoms in total. The van der Waals surface area contributed by atoms with Crippen molar-refractivity contribution in [2.45, 2.75) is 45.6 Å². The first-order valence-electron chi connectivity index (χ1n) is 11.0. The molecule has 0 bridgehead atoms. The van der Waals surface area contributed by atoms with Gasteiger partial charge in [0.2, 0.25) is 0 Å². The number of nitrogens with zero attached hydrogens (tertiary/aromatic N) is 2. The fraction of sp³-hybridized carbons (Fsp3) is 0.400. The van der Waals surface area contributed by atoms with Gasteiger partial charge in [0.15, 0.2) is 0 Å². The second kappa shape index (κ2) is 13.3. The number of rotatable bonds is 10. The molecule has 1 N–H and O–H groups in total. The summed E-state index contributed by atoms with van der Waals surface area (Å²) in [5, 5.41) is 14.0. The van der Waals surface area contributed by atoms with Gasteiger partial charge in [-0.05, 0) is 61.8 Å². The van der Waals surface area contributed by atoms with Crippen LogP contribution >= 0.6 is 58.8 Å². The molecule has 0 fully saturated rings. The molecule has 8 heteroatoms. The molecule has 0 saturated carbocycles. The van der Waals surface area contributed by atoms with E-state index < -0.39 is 6.10 Å². The Labute approximate surface area is 222 Å². The van der Waals surface area contributed by atoms with Crippen LogP contribution in [-0.4, -0.2) is 34.6 Å². The topological polar surface area (TPSA) is 36.4 Å². The Hall–Kier alpha value is -0.780. The maximum atomic E-state index is 11.3. The van der Waals surface area contributed by atoms with E-state index in [2.05, 4.69) is 18.7 Å². The second-order valence-electron chi connectivity index (χ2n) is 8.03. The first-order valence-corrected chi connectivity index (χ1v) is 12.5. The Morgan fingerprint density at radius 2 is 1.55 bits per heavy atom. The van der Waals surface area contributed by atoms with Gasteiger partial charge in [0.05, 0.1) is 32.4 Å². The van der Waals surface area contributed by atoms with Crippen molar-refractivity contribution in [2.75, 3.05) is 19.6 Å². The minimum atomic E-state index is -0.717. The molecule has 1 heterocycles. The number of halogens is 5. The summed E-state index contributed by atoms with van der Waals surface area (Å²) in [6.07, 6.45) is 3.71. The van der Waals surface area contributed by atoms with Gasteiger partial charge in [0.1, 0.15) is 0 Å². The second-order valence-corrected chi connectivity index (χ2v) is 9.69. The van der Waals surface area contributed by atoms with E-state index in [1.165, 1.54) is 0 Å². The third-order valence-corrected chi connectivity index (χ3v) is 6.77. The van der Waals surface area contributed by atoms with Crippen LogP contribution < -0.4 is 0 Å². The number of aromatic nitrogens is 1. The molecule has 0 aliphatic rings. The molecule has 0 aliphatic carbocycles. The van der Waals surface area contributed by atoms with Crippen LogP contribution in [0.25, 0.3) is 22.2 Å². The number of unbranched alkanes of at least 4 members (excludes halogenated alkanes) is 2. The number of aliphatic hydroxyl groups is 1. The molecule has 0 spiro atoms. The number of fused-ring (bicyclic) bond motifs is 1. The third kappa shape index (κ3) is 7.35. The lowest BCUT2D eigenvalue weighted by atomic mass is 9.99. The average molecular weight is 551 g/mol. The lowest BCUT2D eigenvalue weighted by Gasteiger charge is -2.26. The Balaban J connectivity index is 0.00000385. The molecule has 2 aromatic carbocycles. The highest BCUT2D eigenvalue weighted by atomic mass is 35.5. The molecule has 0 radical (unpaired) electrons. The molecule has 180 valence electrons. The van der Waals surface area contributed by atoms with Crippen molar-refractivity contribution in [2.24, 2.45) is 0 Å². The Morgan fingerprint density at radius 1 is 0.879 bits per heavy atom. The largest absolute Gasteiger partial charge is 0.387 e. The van der Waals surface area contributed by atoms with Gasteiger partial charge in [-0.3, -0.25) is 0 Å². The number of benzene rings is 2. The minimum absolute atomic E-state index is 0. The maximum Gasteiger partial charge on any atom is 0.0924 e. The van der Waals surface area contributed by atoms with E-state index in [-0.39, 0.29) is 12.4 Å². The van der Waals surface area contributed by atoms with Crippen LogP contribution in [0.5, 0.6) is 0 Å². The van der Waals surface area contributed by atoms with E-state index in [4.69, 9.17) is 51.4 Å². The third-order valence-electron chi connectivity index (χ3n) is 5.52. The normalized spacial score (nSPS) is 12.2. The van der Waals surface area contributed by atoms with Gasteiger partial charge in [-0.2, -0.15) is 0 Å². The Morgan fingerprint density at radius 3 is 2.15 bits per heavy atom. The zero-order valence-electron chi connectivity index (χ0n) is 18.8. The average Bonchev–Trinajstić information content (AvgIpc) is 2.76. The van der Waals surface area contributed by atoms with E-state index in [0.717, 1.165) is 55.3 Å². The number of hydrogen-bond donors (Lipinski definition) is 1. The van der Waals surface area contributed by atoms with Gasteiger partial charge < -0.3 is 10.0 Å². The monoisotopic (exact) mass is 548 g/mol. The lowest BCUT2D eigenvalue weighted by Crippen LogP contribution is -2.31. The van der Waals surface area contributed by atoms with Gasteiger partial charge in [0.25, 0.3) is 0 Å². The first-order chi connectivity index (χ1) is 15.3. The number of aliphatic hydroxyl groups excluding tert-OH is 1. The van der Waals surface area contributed by atoms with Crippen LogP contribution in [0.3, 0.4) is 0 Å². The first kappa shape index (κ1) is 28.5. The molecule has 33 heavy (non-hydrogen) atoms. The minimum Gasteiger partial charge on any atom is -0.387 e. The van der Waals surface area contributed by atoms with Crippen LogP contribution in [0.4, 0.5) is 0 Å². The molecule has 0 aliphatic heterocycles. The zero-order valence-corrected chi connectivity index (χ0v) is 22.6. The highest BCUT2D eigenvalue weighted by Gasteiger charge is 2.20. The van der Waals surface area contributed by atoms with Crippen molar-refractivity contribution >= 4 is 69.7 Å². The number of hydrogen-bond acceptors (Lipinski definition) is 3. The Bertz CT molecular complexity index is 1070.